The minimum Gasteiger partial charge on any atom is -0.497 e. The first kappa shape index (κ1) is 15.3. The van der Waals surface area contributed by atoms with Gasteiger partial charge in [-0.1, -0.05) is 6.92 Å². The first-order valence-electron chi connectivity index (χ1n) is 6.67. The number of benzene rings is 1. The highest BCUT2D eigenvalue weighted by Crippen LogP contribution is 2.18. The van der Waals surface area contributed by atoms with Crippen LogP contribution in [-0.2, 0) is 4.79 Å². The van der Waals surface area contributed by atoms with Crippen LogP contribution in [0.1, 0.15) is 32.6 Å². The number of carboxylic acid groups (broad SMARTS) is 1. The predicted octanol–water partition coefficient (Wildman–Crippen LogP) is 3.36. The van der Waals surface area contributed by atoms with Crippen molar-refractivity contribution in [1.29, 1.82) is 0 Å². The Morgan fingerprint density at radius 2 is 1.84 bits per heavy atom. The van der Waals surface area contributed by atoms with Gasteiger partial charge in [0.25, 0.3) is 0 Å². The summed E-state index contributed by atoms with van der Waals surface area (Å²) in [6.07, 6.45) is 3.16. The molecule has 1 N–H and O–H groups in total. The number of carboxylic acids is 1. The smallest absolute Gasteiger partial charge is 0.306 e. The summed E-state index contributed by atoms with van der Waals surface area (Å²) in [5.41, 5.74) is 0. The average molecular weight is 266 g/mol. The Hall–Kier alpha value is -1.71. The summed E-state index contributed by atoms with van der Waals surface area (Å²) in [5, 5.41) is 8.91. The topological polar surface area (TPSA) is 55.8 Å². The highest BCUT2D eigenvalue weighted by Gasteiger charge is 2.13. The van der Waals surface area contributed by atoms with Crippen molar-refractivity contribution in [3.05, 3.63) is 24.3 Å². The molecule has 0 saturated heterocycles. The van der Waals surface area contributed by atoms with E-state index in [-0.39, 0.29) is 5.92 Å². The number of rotatable bonds is 9. The Bertz CT molecular complexity index is 372. The summed E-state index contributed by atoms with van der Waals surface area (Å²) in [6, 6.07) is 7.44. The van der Waals surface area contributed by atoms with Crippen LogP contribution in [0.3, 0.4) is 0 Å². The van der Waals surface area contributed by atoms with Crippen LogP contribution in [0.4, 0.5) is 0 Å². The van der Waals surface area contributed by atoms with Crippen molar-refractivity contribution < 1.29 is 19.4 Å². The van der Waals surface area contributed by atoms with E-state index < -0.39 is 5.97 Å². The van der Waals surface area contributed by atoms with Gasteiger partial charge in [-0.05, 0) is 49.9 Å². The Morgan fingerprint density at radius 3 is 2.37 bits per heavy atom. The third-order valence-corrected chi connectivity index (χ3v) is 3.12. The maximum atomic E-state index is 10.8. The molecule has 1 aromatic carbocycles. The van der Waals surface area contributed by atoms with Crippen LogP contribution in [0.15, 0.2) is 24.3 Å². The van der Waals surface area contributed by atoms with Gasteiger partial charge in [-0.3, -0.25) is 4.79 Å². The lowest BCUT2D eigenvalue weighted by molar-refractivity contribution is -0.142. The predicted molar refractivity (Wildman–Crippen MR) is 73.8 cm³/mol. The van der Waals surface area contributed by atoms with Crippen LogP contribution in [0, 0.1) is 5.92 Å². The Labute approximate surface area is 114 Å². The van der Waals surface area contributed by atoms with Gasteiger partial charge in [0.2, 0.25) is 0 Å². The van der Waals surface area contributed by atoms with Crippen molar-refractivity contribution in [2.45, 2.75) is 32.6 Å². The van der Waals surface area contributed by atoms with E-state index in [1.165, 1.54) is 0 Å². The molecule has 0 aliphatic rings. The maximum Gasteiger partial charge on any atom is 0.306 e. The quantitative estimate of drug-likeness (QED) is 0.696. The summed E-state index contributed by atoms with van der Waals surface area (Å²) in [5.74, 6) is 0.699. The SMILES string of the molecule is CCC(CCCCOc1ccc(OC)cc1)C(=O)O. The maximum absolute atomic E-state index is 10.8. The second-order valence-electron chi connectivity index (χ2n) is 4.46. The fourth-order valence-electron chi connectivity index (χ4n) is 1.86. The standard InChI is InChI=1S/C15H22O4/c1-3-12(15(16)17)6-4-5-11-19-14-9-7-13(18-2)8-10-14/h7-10,12H,3-6,11H2,1-2H3,(H,16,17). The molecule has 19 heavy (non-hydrogen) atoms. The van der Waals surface area contributed by atoms with Crippen LogP contribution in [-0.4, -0.2) is 24.8 Å². The largest absolute Gasteiger partial charge is 0.497 e. The van der Waals surface area contributed by atoms with Gasteiger partial charge >= 0.3 is 5.97 Å². The molecule has 4 nitrogen and oxygen atoms in total. The molecule has 1 unspecified atom stereocenters. The van der Waals surface area contributed by atoms with Crippen molar-refractivity contribution >= 4 is 5.97 Å². The van der Waals surface area contributed by atoms with Crippen molar-refractivity contribution in [2.75, 3.05) is 13.7 Å². The molecule has 0 fully saturated rings. The monoisotopic (exact) mass is 266 g/mol. The normalized spacial score (nSPS) is 11.9. The lowest BCUT2D eigenvalue weighted by atomic mass is 10.00. The molecule has 1 atom stereocenters. The zero-order valence-electron chi connectivity index (χ0n) is 11.6. The van der Waals surface area contributed by atoms with Crippen LogP contribution in [0.25, 0.3) is 0 Å². The molecule has 1 aromatic rings. The lowest BCUT2D eigenvalue weighted by Crippen LogP contribution is -2.12. The number of aliphatic carboxylic acids is 1. The minimum absolute atomic E-state index is 0.221. The van der Waals surface area contributed by atoms with Gasteiger partial charge in [0, 0.05) is 0 Å². The first-order valence-corrected chi connectivity index (χ1v) is 6.67. The van der Waals surface area contributed by atoms with E-state index >= 15 is 0 Å². The van der Waals surface area contributed by atoms with Gasteiger partial charge < -0.3 is 14.6 Å². The molecule has 0 amide bonds. The van der Waals surface area contributed by atoms with Crippen molar-refractivity contribution in [3.8, 4) is 11.5 Å². The molecule has 0 aromatic heterocycles. The van der Waals surface area contributed by atoms with Gasteiger partial charge in [0.05, 0.1) is 19.6 Å². The molecular weight excluding hydrogens is 244 g/mol. The van der Waals surface area contributed by atoms with Crippen LogP contribution >= 0.6 is 0 Å². The molecule has 0 saturated carbocycles. The molecule has 0 radical (unpaired) electrons. The second-order valence-corrected chi connectivity index (χ2v) is 4.46. The van der Waals surface area contributed by atoms with Gasteiger partial charge in [-0.25, -0.2) is 0 Å². The third kappa shape index (κ3) is 5.64. The number of methoxy groups -OCH3 is 1. The molecule has 0 aliphatic heterocycles. The average Bonchev–Trinajstić information content (AvgIpc) is 2.43. The molecule has 1 rings (SSSR count). The first-order chi connectivity index (χ1) is 9.17. The molecule has 0 aliphatic carbocycles. The van der Waals surface area contributed by atoms with Crippen LogP contribution < -0.4 is 9.47 Å². The highest BCUT2D eigenvalue weighted by atomic mass is 16.5. The van der Waals surface area contributed by atoms with E-state index in [0.717, 1.165) is 30.8 Å². The molecule has 0 bridgehead atoms. The number of hydrogen-bond donors (Lipinski definition) is 1. The fourth-order valence-corrected chi connectivity index (χ4v) is 1.86. The van der Waals surface area contributed by atoms with E-state index in [1.54, 1.807) is 7.11 Å². The molecular formula is C15H22O4. The van der Waals surface area contributed by atoms with E-state index in [1.807, 2.05) is 31.2 Å². The number of unbranched alkanes of at least 4 members (excludes halogenated alkanes) is 1. The number of carbonyl (C=O) groups is 1. The Morgan fingerprint density at radius 1 is 1.21 bits per heavy atom. The van der Waals surface area contributed by atoms with E-state index in [0.29, 0.717) is 13.0 Å². The summed E-state index contributed by atoms with van der Waals surface area (Å²) in [7, 11) is 1.63. The van der Waals surface area contributed by atoms with E-state index in [9.17, 15) is 4.79 Å². The van der Waals surface area contributed by atoms with Crippen molar-refractivity contribution in [3.63, 3.8) is 0 Å². The van der Waals surface area contributed by atoms with Gasteiger partial charge in [-0.15, -0.1) is 0 Å². The van der Waals surface area contributed by atoms with Gasteiger partial charge in [-0.2, -0.15) is 0 Å². The van der Waals surface area contributed by atoms with Crippen LogP contribution in [0.5, 0.6) is 11.5 Å². The second kappa shape index (κ2) is 8.40. The summed E-state index contributed by atoms with van der Waals surface area (Å²) >= 11 is 0. The molecule has 106 valence electrons. The summed E-state index contributed by atoms with van der Waals surface area (Å²) in [6.45, 7) is 2.52. The molecule has 0 heterocycles. The number of ether oxygens (including phenoxy) is 2. The third-order valence-electron chi connectivity index (χ3n) is 3.12. The summed E-state index contributed by atoms with van der Waals surface area (Å²) < 4.78 is 10.6. The van der Waals surface area contributed by atoms with E-state index in [4.69, 9.17) is 14.6 Å². The Kier molecular flexibility index (Phi) is 6.79. The van der Waals surface area contributed by atoms with Gasteiger partial charge in [0.15, 0.2) is 0 Å². The Balaban J connectivity index is 2.18. The van der Waals surface area contributed by atoms with Crippen molar-refractivity contribution in [1.82, 2.24) is 0 Å². The molecule has 4 heteroatoms. The minimum atomic E-state index is -0.696. The van der Waals surface area contributed by atoms with Gasteiger partial charge in [0.1, 0.15) is 11.5 Å². The van der Waals surface area contributed by atoms with E-state index in [2.05, 4.69) is 0 Å². The zero-order chi connectivity index (χ0) is 14.1. The number of hydrogen-bond acceptors (Lipinski definition) is 3. The fraction of sp³-hybridized carbons (Fsp3) is 0.533. The highest BCUT2D eigenvalue weighted by molar-refractivity contribution is 5.69. The summed E-state index contributed by atoms with van der Waals surface area (Å²) in [4.78, 5) is 10.8. The van der Waals surface area contributed by atoms with Crippen molar-refractivity contribution in [2.24, 2.45) is 5.92 Å². The zero-order valence-corrected chi connectivity index (χ0v) is 11.6. The lowest BCUT2D eigenvalue weighted by Gasteiger charge is -2.10. The molecule has 0 spiro atoms. The van der Waals surface area contributed by atoms with Crippen LogP contribution in [0.2, 0.25) is 0 Å².